The number of piperazine rings is 1. The molecule has 0 bridgehead atoms. The third kappa shape index (κ3) is 2.80. The molecule has 1 saturated heterocycles. The largest absolute Gasteiger partial charge is 0.338 e. The van der Waals surface area contributed by atoms with Crippen molar-refractivity contribution in [3.05, 3.63) is 18.2 Å². The van der Waals surface area contributed by atoms with Crippen LogP contribution >= 0.6 is 11.6 Å². The van der Waals surface area contributed by atoms with Gasteiger partial charge in [0.15, 0.2) is 5.82 Å². The average molecular weight is 245 g/mol. The number of anilines is 1. The number of alkyl halides is 1. The van der Waals surface area contributed by atoms with E-state index in [4.69, 9.17) is 11.6 Å². The number of rotatable bonds is 3. The summed E-state index contributed by atoms with van der Waals surface area (Å²) in [6, 6.07) is 0. The van der Waals surface area contributed by atoms with E-state index in [-0.39, 0.29) is 0 Å². The van der Waals surface area contributed by atoms with E-state index in [0.29, 0.717) is 11.8 Å². The van der Waals surface area contributed by atoms with Gasteiger partial charge in [0.25, 0.3) is 0 Å². The zero-order chi connectivity index (χ0) is 11.4. The molecule has 0 N–H and O–H groups in total. The third-order valence-corrected chi connectivity index (χ3v) is 2.83. The summed E-state index contributed by atoms with van der Waals surface area (Å²) in [4.78, 5) is 12.3. The molecule has 1 aliphatic heterocycles. The van der Waals surface area contributed by atoms with E-state index in [1.54, 1.807) is 0 Å². The highest BCUT2D eigenvalue weighted by Crippen LogP contribution is 2.10. The Kier molecular flexibility index (Phi) is 3.90. The van der Waals surface area contributed by atoms with Gasteiger partial charge in [-0.1, -0.05) is 0 Å². The Balaban J connectivity index is 1.91. The van der Waals surface area contributed by atoms with Crippen LogP contribution in [0.4, 0.5) is 10.3 Å². The monoisotopic (exact) mass is 244 g/mol. The molecule has 0 aromatic carbocycles. The molecule has 0 atom stereocenters. The third-order valence-electron chi connectivity index (χ3n) is 2.66. The van der Waals surface area contributed by atoms with Crippen LogP contribution in [0.1, 0.15) is 0 Å². The van der Waals surface area contributed by atoms with Crippen LogP contribution in [0.15, 0.2) is 12.4 Å². The van der Waals surface area contributed by atoms with Gasteiger partial charge in [-0.25, -0.2) is 14.4 Å². The molecular formula is C10H14ClFN4. The maximum Gasteiger partial charge on any atom is 0.225 e. The van der Waals surface area contributed by atoms with Crippen molar-refractivity contribution in [2.75, 3.05) is 43.5 Å². The lowest BCUT2D eigenvalue weighted by Crippen LogP contribution is -2.47. The Morgan fingerprint density at radius 2 is 1.81 bits per heavy atom. The molecule has 1 aliphatic rings. The summed E-state index contributed by atoms with van der Waals surface area (Å²) in [5, 5.41) is 0. The van der Waals surface area contributed by atoms with Crippen molar-refractivity contribution in [2.24, 2.45) is 0 Å². The van der Waals surface area contributed by atoms with Gasteiger partial charge in [0.2, 0.25) is 5.95 Å². The second-order valence-electron chi connectivity index (χ2n) is 3.72. The first kappa shape index (κ1) is 11.5. The summed E-state index contributed by atoms with van der Waals surface area (Å²) in [6.07, 6.45) is 2.40. The number of nitrogens with zero attached hydrogens (tertiary/aromatic N) is 4. The van der Waals surface area contributed by atoms with Gasteiger partial charge >= 0.3 is 0 Å². The molecule has 1 aromatic heterocycles. The minimum absolute atomic E-state index is 0.399. The maximum atomic E-state index is 12.6. The zero-order valence-corrected chi connectivity index (χ0v) is 9.70. The highest BCUT2D eigenvalue weighted by Gasteiger charge is 2.18. The highest BCUT2D eigenvalue weighted by molar-refractivity contribution is 6.18. The molecule has 88 valence electrons. The van der Waals surface area contributed by atoms with Crippen molar-refractivity contribution < 1.29 is 4.39 Å². The van der Waals surface area contributed by atoms with E-state index < -0.39 is 5.82 Å². The molecule has 2 heterocycles. The van der Waals surface area contributed by atoms with Crippen LogP contribution < -0.4 is 4.90 Å². The Morgan fingerprint density at radius 1 is 1.19 bits per heavy atom. The second kappa shape index (κ2) is 5.41. The molecule has 0 amide bonds. The maximum absolute atomic E-state index is 12.6. The first-order chi connectivity index (χ1) is 7.79. The van der Waals surface area contributed by atoms with Crippen LogP contribution in [-0.2, 0) is 0 Å². The molecule has 16 heavy (non-hydrogen) atoms. The minimum atomic E-state index is -0.399. The summed E-state index contributed by atoms with van der Waals surface area (Å²) in [6.45, 7) is 4.55. The van der Waals surface area contributed by atoms with Gasteiger partial charge in [0, 0.05) is 38.6 Å². The van der Waals surface area contributed by atoms with Crippen molar-refractivity contribution in [3.63, 3.8) is 0 Å². The van der Waals surface area contributed by atoms with Crippen molar-refractivity contribution in [3.8, 4) is 0 Å². The van der Waals surface area contributed by atoms with Gasteiger partial charge in [-0.15, -0.1) is 11.6 Å². The lowest BCUT2D eigenvalue weighted by atomic mass is 10.3. The first-order valence-electron chi connectivity index (χ1n) is 5.30. The fourth-order valence-corrected chi connectivity index (χ4v) is 2.00. The predicted octanol–water partition coefficient (Wildman–Crippen LogP) is 0.977. The molecule has 1 aromatic rings. The van der Waals surface area contributed by atoms with Crippen molar-refractivity contribution in [2.45, 2.75) is 0 Å². The first-order valence-corrected chi connectivity index (χ1v) is 5.84. The number of aromatic nitrogens is 2. The van der Waals surface area contributed by atoms with Crippen LogP contribution in [0.3, 0.4) is 0 Å². The van der Waals surface area contributed by atoms with Crippen molar-refractivity contribution in [1.82, 2.24) is 14.9 Å². The predicted molar refractivity (Wildman–Crippen MR) is 61.4 cm³/mol. The van der Waals surface area contributed by atoms with Gasteiger partial charge in [-0.3, -0.25) is 4.90 Å². The molecule has 6 heteroatoms. The van der Waals surface area contributed by atoms with Crippen LogP contribution in [0.5, 0.6) is 0 Å². The summed E-state index contributed by atoms with van der Waals surface area (Å²) in [5.74, 6) is 0.865. The van der Waals surface area contributed by atoms with Gasteiger partial charge < -0.3 is 4.90 Å². The number of hydrogen-bond acceptors (Lipinski definition) is 4. The molecule has 4 nitrogen and oxygen atoms in total. The lowest BCUT2D eigenvalue weighted by molar-refractivity contribution is 0.271. The molecule has 1 fully saturated rings. The van der Waals surface area contributed by atoms with E-state index in [2.05, 4.69) is 19.8 Å². The Labute approximate surface area is 99.0 Å². The normalized spacial score (nSPS) is 17.8. The molecular weight excluding hydrogens is 231 g/mol. The lowest BCUT2D eigenvalue weighted by Gasteiger charge is -2.34. The van der Waals surface area contributed by atoms with Crippen LogP contribution in [0, 0.1) is 5.82 Å². The van der Waals surface area contributed by atoms with Gasteiger partial charge in [-0.2, -0.15) is 0 Å². The van der Waals surface area contributed by atoms with E-state index in [0.717, 1.165) is 32.7 Å². The summed E-state index contributed by atoms with van der Waals surface area (Å²) >= 11 is 5.68. The Hall–Kier alpha value is -0.940. The minimum Gasteiger partial charge on any atom is -0.338 e. The summed E-state index contributed by atoms with van der Waals surface area (Å²) < 4.78 is 12.6. The average Bonchev–Trinajstić information content (AvgIpc) is 2.32. The van der Waals surface area contributed by atoms with E-state index in [1.807, 2.05) is 0 Å². The van der Waals surface area contributed by atoms with Gasteiger partial charge in [0.1, 0.15) is 0 Å². The van der Waals surface area contributed by atoms with Crippen molar-refractivity contribution >= 4 is 17.5 Å². The van der Waals surface area contributed by atoms with Crippen LogP contribution in [0.25, 0.3) is 0 Å². The quantitative estimate of drug-likeness (QED) is 0.742. The Morgan fingerprint density at radius 3 is 2.38 bits per heavy atom. The molecule has 0 saturated carbocycles. The van der Waals surface area contributed by atoms with Crippen molar-refractivity contribution in [1.29, 1.82) is 0 Å². The molecule has 2 rings (SSSR count). The van der Waals surface area contributed by atoms with Gasteiger partial charge in [-0.05, 0) is 0 Å². The fraction of sp³-hybridized carbons (Fsp3) is 0.600. The molecule has 0 spiro atoms. The summed E-state index contributed by atoms with van der Waals surface area (Å²) in [7, 11) is 0. The van der Waals surface area contributed by atoms with Crippen LogP contribution in [-0.4, -0.2) is 53.5 Å². The molecule has 0 unspecified atom stereocenters. The zero-order valence-electron chi connectivity index (χ0n) is 8.94. The summed E-state index contributed by atoms with van der Waals surface area (Å²) in [5.41, 5.74) is 0. The molecule has 0 radical (unpaired) electrons. The standard InChI is InChI=1S/C10H14ClFN4/c11-1-2-15-3-5-16(6-4-15)10-13-7-9(12)8-14-10/h7-8H,1-6H2. The van der Waals surface area contributed by atoms with E-state index in [1.165, 1.54) is 12.4 Å². The van der Waals surface area contributed by atoms with E-state index >= 15 is 0 Å². The van der Waals surface area contributed by atoms with Crippen LogP contribution in [0.2, 0.25) is 0 Å². The SMILES string of the molecule is Fc1cnc(N2CCN(CCCl)CC2)nc1. The Bertz CT molecular complexity index is 324. The number of halogens is 2. The smallest absolute Gasteiger partial charge is 0.225 e. The topological polar surface area (TPSA) is 32.3 Å². The number of hydrogen-bond donors (Lipinski definition) is 0. The second-order valence-corrected chi connectivity index (χ2v) is 4.10. The van der Waals surface area contributed by atoms with E-state index in [9.17, 15) is 4.39 Å². The highest BCUT2D eigenvalue weighted by atomic mass is 35.5. The fourth-order valence-electron chi connectivity index (χ4n) is 1.76. The van der Waals surface area contributed by atoms with Gasteiger partial charge in [0.05, 0.1) is 12.4 Å². The molecule has 0 aliphatic carbocycles.